The maximum Gasteiger partial charge on any atom is 0.416 e. The van der Waals surface area contributed by atoms with Crippen LogP contribution in [0, 0.1) is 0 Å². The van der Waals surface area contributed by atoms with Gasteiger partial charge in [0.25, 0.3) is 5.91 Å². The molecule has 1 aromatic rings. The van der Waals surface area contributed by atoms with Crippen LogP contribution in [0.5, 0.6) is 11.5 Å². The number of amides is 2. The Morgan fingerprint density at radius 1 is 1.34 bits per heavy atom. The van der Waals surface area contributed by atoms with Gasteiger partial charge in [0, 0.05) is 22.1 Å². The third kappa shape index (κ3) is 3.90. The van der Waals surface area contributed by atoms with E-state index in [-0.39, 0.29) is 30.2 Å². The van der Waals surface area contributed by atoms with Gasteiger partial charge in [-0.25, -0.2) is 9.69 Å². The quantitative estimate of drug-likeness (QED) is 0.570. The van der Waals surface area contributed by atoms with Gasteiger partial charge in [0.2, 0.25) is 0 Å². The number of methoxy groups -OCH3 is 2. The van der Waals surface area contributed by atoms with E-state index < -0.39 is 24.5 Å². The molecular weight excluding hydrogens is 399 g/mol. The third-order valence-corrected chi connectivity index (χ3v) is 5.39. The van der Waals surface area contributed by atoms with Crippen molar-refractivity contribution >= 4 is 27.2 Å². The Morgan fingerprint density at radius 2 is 2.03 bits per heavy atom. The van der Waals surface area contributed by atoms with E-state index in [4.69, 9.17) is 18.7 Å². The number of anilines is 1. The zero-order chi connectivity index (χ0) is 21.1. The fourth-order valence-corrected chi connectivity index (χ4v) is 4.06. The zero-order valence-corrected chi connectivity index (χ0v) is 17.5. The molecule has 3 rings (SSSR count). The SMILES string of the molecule is C=CCOC(=O)N1c2cc(OC)c(OC)cc2C(=O)N2CC[C@@H](O)C[C@H]2C1OP. The number of piperidine rings is 1. The van der Waals surface area contributed by atoms with Crippen molar-refractivity contribution in [3.63, 3.8) is 0 Å². The molecule has 29 heavy (non-hydrogen) atoms. The molecule has 0 radical (unpaired) electrons. The molecule has 0 bridgehead atoms. The van der Waals surface area contributed by atoms with Crippen molar-refractivity contribution in [3.05, 3.63) is 30.4 Å². The molecule has 2 unspecified atom stereocenters. The third-order valence-electron chi connectivity index (χ3n) is 5.11. The van der Waals surface area contributed by atoms with E-state index in [0.29, 0.717) is 24.5 Å². The molecule has 0 aromatic heterocycles. The molecular formula is C19H25N2O7P. The highest BCUT2D eigenvalue weighted by Gasteiger charge is 2.46. The van der Waals surface area contributed by atoms with Crippen molar-refractivity contribution in [1.29, 1.82) is 0 Å². The second-order valence-corrected chi connectivity index (χ2v) is 7.00. The Hall–Kier alpha value is -2.35. The van der Waals surface area contributed by atoms with E-state index in [9.17, 15) is 14.7 Å². The normalized spacial score (nSPS) is 23.6. The molecule has 4 atom stereocenters. The second kappa shape index (κ2) is 8.98. The van der Waals surface area contributed by atoms with Gasteiger partial charge in [0.05, 0.1) is 37.6 Å². The van der Waals surface area contributed by atoms with Crippen LogP contribution in [0.25, 0.3) is 0 Å². The molecule has 2 aliphatic rings. The zero-order valence-electron chi connectivity index (χ0n) is 16.4. The average Bonchev–Trinajstić information content (AvgIpc) is 2.83. The highest BCUT2D eigenvalue weighted by molar-refractivity contribution is 7.09. The van der Waals surface area contributed by atoms with E-state index >= 15 is 0 Å². The van der Waals surface area contributed by atoms with Gasteiger partial charge >= 0.3 is 6.09 Å². The molecule has 10 heteroatoms. The van der Waals surface area contributed by atoms with Gasteiger partial charge in [0.1, 0.15) is 6.61 Å². The maximum atomic E-state index is 13.4. The summed E-state index contributed by atoms with van der Waals surface area (Å²) in [7, 11) is 5.07. The first-order valence-electron chi connectivity index (χ1n) is 9.14. The topological polar surface area (TPSA) is 97.8 Å². The van der Waals surface area contributed by atoms with Crippen LogP contribution in [0.15, 0.2) is 24.8 Å². The molecule has 0 aliphatic carbocycles. The average molecular weight is 424 g/mol. The number of rotatable bonds is 5. The van der Waals surface area contributed by atoms with Crippen LogP contribution in [-0.2, 0) is 9.26 Å². The van der Waals surface area contributed by atoms with Crippen LogP contribution in [0.2, 0.25) is 0 Å². The first kappa shape index (κ1) is 21.4. The lowest BCUT2D eigenvalue weighted by Crippen LogP contribution is -2.57. The summed E-state index contributed by atoms with van der Waals surface area (Å²) in [6, 6.07) is 2.52. The number of benzene rings is 1. The van der Waals surface area contributed by atoms with Crippen molar-refractivity contribution in [2.45, 2.75) is 31.2 Å². The largest absolute Gasteiger partial charge is 0.493 e. The molecule has 1 saturated heterocycles. The summed E-state index contributed by atoms with van der Waals surface area (Å²) in [5.41, 5.74) is 0.530. The number of nitrogens with zero attached hydrogens (tertiary/aromatic N) is 2. The molecule has 0 saturated carbocycles. The van der Waals surface area contributed by atoms with Crippen molar-refractivity contribution < 1.29 is 33.4 Å². The molecule has 1 aromatic carbocycles. The van der Waals surface area contributed by atoms with Gasteiger partial charge in [-0.1, -0.05) is 12.7 Å². The van der Waals surface area contributed by atoms with Crippen LogP contribution in [0.3, 0.4) is 0 Å². The van der Waals surface area contributed by atoms with Crippen LogP contribution in [-0.4, -0.2) is 67.8 Å². The van der Waals surface area contributed by atoms with Crippen LogP contribution in [0.1, 0.15) is 23.2 Å². The van der Waals surface area contributed by atoms with E-state index in [0.717, 1.165) is 0 Å². The van der Waals surface area contributed by atoms with Gasteiger partial charge in [-0.2, -0.15) is 0 Å². The van der Waals surface area contributed by atoms with Crippen molar-refractivity contribution in [1.82, 2.24) is 4.90 Å². The Bertz CT molecular complexity index is 803. The Morgan fingerprint density at radius 3 is 2.66 bits per heavy atom. The number of hydrogen-bond acceptors (Lipinski definition) is 7. The van der Waals surface area contributed by atoms with Crippen LogP contribution < -0.4 is 14.4 Å². The number of carbonyl (C=O) groups is 2. The predicted molar refractivity (Wildman–Crippen MR) is 108 cm³/mol. The number of aliphatic hydroxyl groups is 1. The number of hydrogen-bond donors (Lipinski definition) is 1. The van der Waals surface area contributed by atoms with Crippen molar-refractivity contribution in [3.8, 4) is 11.5 Å². The van der Waals surface area contributed by atoms with Gasteiger partial charge < -0.3 is 28.7 Å². The molecule has 9 nitrogen and oxygen atoms in total. The van der Waals surface area contributed by atoms with Crippen LogP contribution in [0.4, 0.5) is 10.5 Å². The van der Waals surface area contributed by atoms with E-state index in [1.165, 1.54) is 31.3 Å². The lowest BCUT2D eigenvalue weighted by molar-refractivity contribution is 0.000890. The van der Waals surface area contributed by atoms with Gasteiger partial charge in [-0.15, -0.1) is 0 Å². The Labute approximate surface area is 171 Å². The first-order valence-corrected chi connectivity index (χ1v) is 9.61. The standard InChI is InChI=1S/C19H25N2O7P/c1-4-7-27-19(24)21-13-10-16(26-3)15(25-2)9-12(13)17(23)20-6-5-11(22)8-14(20)18(21)28-29/h4,9-11,14,18,22H,1,5-8,29H2,2-3H3/t11-,14+,18?/m1/s1. The monoisotopic (exact) mass is 424 g/mol. The van der Waals surface area contributed by atoms with Gasteiger partial charge in [0.15, 0.2) is 17.7 Å². The Kier molecular flexibility index (Phi) is 6.62. The van der Waals surface area contributed by atoms with Crippen molar-refractivity contribution in [2.75, 3.05) is 32.3 Å². The van der Waals surface area contributed by atoms with Gasteiger partial charge in [-0.3, -0.25) is 4.79 Å². The summed E-state index contributed by atoms with van der Waals surface area (Å²) in [6.45, 7) is 3.88. The molecule has 1 fully saturated rings. The summed E-state index contributed by atoms with van der Waals surface area (Å²) >= 11 is 0. The minimum Gasteiger partial charge on any atom is -0.493 e. The molecule has 1 N–H and O–H groups in total. The minimum atomic E-state index is -0.893. The summed E-state index contributed by atoms with van der Waals surface area (Å²) < 4.78 is 21.5. The second-order valence-electron chi connectivity index (χ2n) is 6.73. The van der Waals surface area contributed by atoms with Gasteiger partial charge in [-0.05, 0) is 18.9 Å². The first-order chi connectivity index (χ1) is 14.0. The number of aliphatic hydroxyl groups excluding tert-OH is 1. The highest BCUT2D eigenvalue weighted by Crippen LogP contribution is 2.41. The Balaban J connectivity index is 2.20. The number of ether oxygens (including phenoxy) is 3. The molecule has 2 heterocycles. The van der Waals surface area contributed by atoms with Crippen LogP contribution >= 0.6 is 9.47 Å². The fraction of sp³-hybridized carbons (Fsp3) is 0.474. The predicted octanol–water partition coefficient (Wildman–Crippen LogP) is 1.94. The van der Waals surface area contributed by atoms with E-state index in [2.05, 4.69) is 16.0 Å². The van der Waals surface area contributed by atoms with E-state index in [1.54, 1.807) is 11.0 Å². The smallest absolute Gasteiger partial charge is 0.416 e. The lowest BCUT2D eigenvalue weighted by atomic mass is 9.97. The fourth-order valence-electron chi connectivity index (χ4n) is 3.76. The summed E-state index contributed by atoms with van der Waals surface area (Å²) in [5, 5.41) is 10.2. The summed E-state index contributed by atoms with van der Waals surface area (Å²) in [5.74, 6) is 0.421. The molecule has 2 amide bonds. The number of fused-ring (bicyclic) bond motifs is 2. The summed E-state index contributed by atoms with van der Waals surface area (Å²) in [4.78, 5) is 29.2. The van der Waals surface area contributed by atoms with E-state index in [1.807, 2.05) is 0 Å². The number of carbonyl (C=O) groups excluding carboxylic acids is 2. The summed E-state index contributed by atoms with van der Waals surface area (Å²) in [6.07, 6.45) is -0.0591. The van der Waals surface area contributed by atoms with Crippen molar-refractivity contribution in [2.24, 2.45) is 0 Å². The molecule has 0 spiro atoms. The molecule has 2 aliphatic heterocycles. The minimum absolute atomic E-state index is 0.00745. The maximum absolute atomic E-state index is 13.4. The highest BCUT2D eigenvalue weighted by atomic mass is 31.0. The lowest BCUT2D eigenvalue weighted by Gasteiger charge is -2.41. The molecule has 158 valence electrons.